The molecule has 0 saturated heterocycles. The molecule has 21 heavy (non-hydrogen) atoms. The first-order valence-corrected chi connectivity index (χ1v) is 6.92. The molecule has 0 aromatic heterocycles. The average molecular weight is 356 g/mol. The van der Waals surface area contributed by atoms with Gasteiger partial charge in [-0.1, -0.05) is 22.0 Å². The highest BCUT2D eigenvalue weighted by atomic mass is 79.9. The zero-order valence-electron chi connectivity index (χ0n) is 10.9. The SMILES string of the molecule is O=C(COc1cccc(F)c1)NCc1cc(F)cc(Br)c1. The molecule has 3 nitrogen and oxygen atoms in total. The van der Waals surface area contributed by atoms with Gasteiger partial charge in [-0.2, -0.15) is 0 Å². The Hall–Kier alpha value is -1.95. The van der Waals surface area contributed by atoms with Crippen molar-refractivity contribution in [2.45, 2.75) is 6.54 Å². The van der Waals surface area contributed by atoms with Crippen LogP contribution >= 0.6 is 15.9 Å². The predicted octanol–water partition coefficient (Wildman–Crippen LogP) is 3.42. The van der Waals surface area contributed by atoms with Gasteiger partial charge in [0.05, 0.1) is 0 Å². The molecule has 1 amide bonds. The molecule has 0 radical (unpaired) electrons. The minimum atomic E-state index is -0.433. The van der Waals surface area contributed by atoms with E-state index in [4.69, 9.17) is 4.74 Å². The van der Waals surface area contributed by atoms with E-state index in [2.05, 4.69) is 21.2 Å². The molecule has 1 N–H and O–H groups in total. The fourth-order valence-corrected chi connectivity index (χ4v) is 2.18. The van der Waals surface area contributed by atoms with E-state index >= 15 is 0 Å². The van der Waals surface area contributed by atoms with Crippen LogP contribution in [0, 0.1) is 11.6 Å². The van der Waals surface area contributed by atoms with Crippen LogP contribution in [0.15, 0.2) is 46.9 Å². The van der Waals surface area contributed by atoms with Crippen molar-refractivity contribution >= 4 is 21.8 Å². The largest absolute Gasteiger partial charge is 0.484 e. The van der Waals surface area contributed by atoms with Crippen molar-refractivity contribution in [3.8, 4) is 5.75 Å². The monoisotopic (exact) mass is 355 g/mol. The lowest BCUT2D eigenvalue weighted by Gasteiger charge is -2.08. The van der Waals surface area contributed by atoms with Crippen LogP contribution in [0.4, 0.5) is 8.78 Å². The van der Waals surface area contributed by atoms with Gasteiger partial charge in [0.1, 0.15) is 17.4 Å². The highest BCUT2D eigenvalue weighted by Crippen LogP contribution is 2.15. The Morgan fingerprint density at radius 3 is 2.67 bits per heavy atom. The Labute approximate surface area is 129 Å². The number of hydrogen-bond donors (Lipinski definition) is 1. The van der Waals surface area contributed by atoms with E-state index in [-0.39, 0.29) is 30.6 Å². The molecule has 0 bridgehead atoms. The molecule has 0 aliphatic rings. The molecule has 0 aliphatic carbocycles. The van der Waals surface area contributed by atoms with Crippen molar-refractivity contribution in [1.82, 2.24) is 5.32 Å². The summed E-state index contributed by atoms with van der Waals surface area (Å²) in [6.07, 6.45) is 0. The summed E-state index contributed by atoms with van der Waals surface area (Å²) in [7, 11) is 0. The van der Waals surface area contributed by atoms with Gasteiger partial charge in [-0.15, -0.1) is 0 Å². The van der Waals surface area contributed by atoms with Crippen molar-refractivity contribution in [1.29, 1.82) is 0 Å². The van der Waals surface area contributed by atoms with Crippen LogP contribution in [0.2, 0.25) is 0 Å². The van der Waals surface area contributed by atoms with E-state index in [1.54, 1.807) is 12.1 Å². The third-order valence-electron chi connectivity index (χ3n) is 2.58. The number of ether oxygens (including phenoxy) is 1. The van der Waals surface area contributed by atoms with E-state index in [1.807, 2.05) is 0 Å². The summed E-state index contributed by atoms with van der Waals surface area (Å²) >= 11 is 3.18. The zero-order valence-corrected chi connectivity index (χ0v) is 12.5. The van der Waals surface area contributed by atoms with Crippen LogP contribution in [-0.2, 0) is 11.3 Å². The number of benzene rings is 2. The van der Waals surface area contributed by atoms with Gasteiger partial charge < -0.3 is 10.1 Å². The highest BCUT2D eigenvalue weighted by molar-refractivity contribution is 9.10. The van der Waals surface area contributed by atoms with Crippen molar-refractivity contribution in [2.24, 2.45) is 0 Å². The van der Waals surface area contributed by atoms with Crippen LogP contribution in [0.25, 0.3) is 0 Å². The summed E-state index contributed by atoms with van der Waals surface area (Å²) < 4.78 is 31.8. The first-order chi connectivity index (χ1) is 10.0. The third-order valence-corrected chi connectivity index (χ3v) is 3.04. The van der Waals surface area contributed by atoms with Gasteiger partial charge in [-0.25, -0.2) is 8.78 Å². The first-order valence-electron chi connectivity index (χ1n) is 6.13. The first kappa shape index (κ1) is 15.4. The molecule has 0 heterocycles. The van der Waals surface area contributed by atoms with Crippen molar-refractivity contribution in [3.05, 3.63) is 64.1 Å². The van der Waals surface area contributed by atoms with Crippen molar-refractivity contribution in [3.63, 3.8) is 0 Å². The van der Waals surface area contributed by atoms with Gasteiger partial charge in [0.2, 0.25) is 0 Å². The van der Waals surface area contributed by atoms with E-state index in [1.165, 1.54) is 30.3 Å². The summed E-state index contributed by atoms with van der Waals surface area (Å²) in [6, 6.07) is 9.90. The number of hydrogen-bond acceptors (Lipinski definition) is 2. The maximum atomic E-state index is 13.2. The lowest BCUT2D eigenvalue weighted by atomic mass is 10.2. The van der Waals surface area contributed by atoms with Gasteiger partial charge >= 0.3 is 0 Å². The Kier molecular flexibility index (Phi) is 5.27. The second-order valence-corrected chi connectivity index (χ2v) is 5.22. The van der Waals surface area contributed by atoms with E-state index in [9.17, 15) is 13.6 Å². The molecule has 2 rings (SSSR count). The van der Waals surface area contributed by atoms with E-state index < -0.39 is 5.82 Å². The summed E-state index contributed by atoms with van der Waals surface area (Å²) in [5, 5.41) is 2.59. The van der Waals surface area contributed by atoms with E-state index in [0.29, 0.717) is 10.0 Å². The topological polar surface area (TPSA) is 38.3 Å². The van der Waals surface area contributed by atoms with Crippen molar-refractivity contribution < 1.29 is 18.3 Å². The molecular weight excluding hydrogens is 344 g/mol. The molecule has 0 saturated carbocycles. The number of carbonyl (C=O) groups excluding carboxylic acids is 1. The Morgan fingerprint density at radius 1 is 1.14 bits per heavy atom. The second kappa shape index (κ2) is 7.17. The molecule has 2 aromatic carbocycles. The van der Waals surface area contributed by atoms with Gasteiger partial charge in [0.15, 0.2) is 6.61 Å². The molecule has 2 aromatic rings. The Morgan fingerprint density at radius 2 is 1.95 bits per heavy atom. The van der Waals surface area contributed by atoms with Crippen LogP contribution < -0.4 is 10.1 Å². The third kappa shape index (κ3) is 5.15. The molecule has 110 valence electrons. The minimum Gasteiger partial charge on any atom is -0.484 e. The highest BCUT2D eigenvalue weighted by Gasteiger charge is 2.05. The summed E-state index contributed by atoms with van der Waals surface area (Å²) in [6.45, 7) is -0.0539. The Bertz CT molecular complexity index is 629. The number of nitrogens with one attached hydrogen (secondary N) is 1. The minimum absolute atomic E-state index is 0.182. The molecule has 0 fully saturated rings. The fraction of sp³-hybridized carbons (Fsp3) is 0.133. The molecule has 0 spiro atoms. The maximum Gasteiger partial charge on any atom is 0.258 e. The lowest BCUT2D eigenvalue weighted by Crippen LogP contribution is -2.28. The van der Waals surface area contributed by atoms with Crippen LogP contribution in [0.5, 0.6) is 5.75 Å². The smallest absolute Gasteiger partial charge is 0.258 e. The number of rotatable bonds is 5. The predicted molar refractivity (Wildman–Crippen MR) is 77.8 cm³/mol. The van der Waals surface area contributed by atoms with Gasteiger partial charge in [-0.3, -0.25) is 4.79 Å². The lowest BCUT2D eigenvalue weighted by molar-refractivity contribution is -0.123. The van der Waals surface area contributed by atoms with Gasteiger partial charge in [-0.05, 0) is 35.9 Å². The van der Waals surface area contributed by atoms with E-state index in [0.717, 1.165) is 0 Å². The fourth-order valence-electron chi connectivity index (χ4n) is 1.67. The van der Waals surface area contributed by atoms with Gasteiger partial charge in [0, 0.05) is 17.1 Å². The van der Waals surface area contributed by atoms with Crippen LogP contribution in [0.1, 0.15) is 5.56 Å². The standard InChI is InChI=1S/C15H12BrF2NO2/c16-11-4-10(5-13(18)6-11)8-19-15(20)9-21-14-3-1-2-12(17)7-14/h1-7H,8-9H2,(H,19,20). The van der Waals surface area contributed by atoms with Crippen LogP contribution in [-0.4, -0.2) is 12.5 Å². The quantitative estimate of drug-likeness (QED) is 0.892. The van der Waals surface area contributed by atoms with Crippen LogP contribution in [0.3, 0.4) is 0 Å². The summed E-state index contributed by atoms with van der Waals surface area (Å²) in [4.78, 5) is 11.6. The maximum absolute atomic E-state index is 13.2. The molecular formula is C15H12BrF2NO2. The van der Waals surface area contributed by atoms with Gasteiger partial charge in [0.25, 0.3) is 5.91 Å². The Balaban J connectivity index is 1.82. The second-order valence-electron chi connectivity index (χ2n) is 4.30. The van der Waals surface area contributed by atoms with Crippen molar-refractivity contribution in [2.75, 3.05) is 6.61 Å². The number of amides is 1. The number of carbonyl (C=O) groups is 1. The summed E-state index contributed by atoms with van der Waals surface area (Å²) in [5.74, 6) is -0.916. The molecule has 0 atom stereocenters. The zero-order chi connectivity index (χ0) is 15.2. The molecule has 6 heteroatoms. The normalized spacial score (nSPS) is 10.2. The average Bonchev–Trinajstić information content (AvgIpc) is 2.42. The molecule has 0 unspecified atom stereocenters. The summed E-state index contributed by atoms with van der Waals surface area (Å²) in [5.41, 5.74) is 0.626. The molecule has 0 aliphatic heterocycles. The number of halogens is 3.